The number of nitrogens with two attached hydrogens (primary N) is 1. The number of carbonyl (C=O) groups is 1. The molecule has 0 rings (SSSR count). The lowest BCUT2D eigenvalue weighted by molar-refractivity contribution is 0.153. The SMILES string of the molecule is CNC(=O)ON=C(C)CN. The molecular formula is C5H11N3O2. The molecule has 10 heavy (non-hydrogen) atoms. The number of oxime groups is 1. The smallest absolute Gasteiger partial charge is 0.325 e. The molecule has 0 aromatic carbocycles. The molecule has 1 amide bonds. The Morgan fingerprint density at radius 2 is 2.40 bits per heavy atom. The summed E-state index contributed by atoms with van der Waals surface area (Å²) in [6, 6.07) is 0. The van der Waals surface area contributed by atoms with Crippen LogP contribution in [0, 0.1) is 0 Å². The average Bonchev–Trinajstić information content (AvgIpc) is 1.99. The first-order valence-corrected chi connectivity index (χ1v) is 2.83. The molecule has 0 aromatic rings. The fourth-order valence-corrected chi connectivity index (χ4v) is 0.202. The Kier molecular flexibility index (Phi) is 4.23. The summed E-state index contributed by atoms with van der Waals surface area (Å²) < 4.78 is 0. The molecule has 0 aliphatic rings. The first-order valence-electron chi connectivity index (χ1n) is 2.83. The van der Waals surface area contributed by atoms with Gasteiger partial charge in [-0.25, -0.2) is 4.79 Å². The van der Waals surface area contributed by atoms with Crippen LogP contribution in [0.4, 0.5) is 4.79 Å². The van der Waals surface area contributed by atoms with Gasteiger partial charge in [0.25, 0.3) is 0 Å². The van der Waals surface area contributed by atoms with E-state index < -0.39 is 6.09 Å². The molecule has 0 aromatic heterocycles. The Bertz CT molecular complexity index is 144. The summed E-state index contributed by atoms with van der Waals surface area (Å²) in [5.74, 6) is 0. The van der Waals surface area contributed by atoms with Crippen LogP contribution >= 0.6 is 0 Å². The monoisotopic (exact) mass is 145 g/mol. The summed E-state index contributed by atoms with van der Waals surface area (Å²) >= 11 is 0. The highest BCUT2D eigenvalue weighted by molar-refractivity contribution is 5.83. The van der Waals surface area contributed by atoms with Crippen molar-refractivity contribution < 1.29 is 9.63 Å². The van der Waals surface area contributed by atoms with Crippen LogP contribution in [0.1, 0.15) is 6.92 Å². The van der Waals surface area contributed by atoms with E-state index in [0.29, 0.717) is 5.71 Å². The number of amides is 1. The number of rotatable bonds is 2. The third kappa shape index (κ3) is 3.85. The van der Waals surface area contributed by atoms with Crippen molar-refractivity contribution in [1.29, 1.82) is 0 Å². The topological polar surface area (TPSA) is 76.7 Å². The summed E-state index contributed by atoms with van der Waals surface area (Å²) in [5.41, 5.74) is 5.73. The minimum Gasteiger partial charge on any atom is -0.325 e. The van der Waals surface area contributed by atoms with Crippen molar-refractivity contribution in [2.24, 2.45) is 10.9 Å². The fourth-order valence-electron chi connectivity index (χ4n) is 0.202. The predicted molar refractivity (Wildman–Crippen MR) is 37.7 cm³/mol. The zero-order chi connectivity index (χ0) is 7.98. The van der Waals surface area contributed by atoms with E-state index in [2.05, 4.69) is 15.3 Å². The van der Waals surface area contributed by atoms with Gasteiger partial charge in [0.15, 0.2) is 0 Å². The maximum Gasteiger partial charge on any atom is 0.433 e. The van der Waals surface area contributed by atoms with Gasteiger partial charge in [0, 0.05) is 13.6 Å². The molecule has 0 atom stereocenters. The van der Waals surface area contributed by atoms with E-state index in [1.165, 1.54) is 7.05 Å². The molecule has 3 N–H and O–H groups in total. The van der Waals surface area contributed by atoms with E-state index in [0.717, 1.165) is 0 Å². The Balaban J connectivity index is 3.61. The second-order valence-corrected chi connectivity index (χ2v) is 1.66. The van der Waals surface area contributed by atoms with Crippen LogP contribution in [0.2, 0.25) is 0 Å². The molecule has 5 heteroatoms. The normalized spacial score (nSPS) is 10.9. The Morgan fingerprint density at radius 1 is 1.80 bits per heavy atom. The van der Waals surface area contributed by atoms with Crippen LogP contribution < -0.4 is 11.1 Å². The van der Waals surface area contributed by atoms with Gasteiger partial charge in [-0.05, 0) is 6.92 Å². The molecule has 0 bridgehead atoms. The van der Waals surface area contributed by atoms with Gasteiger partial charge < -0.3 is 11.1 Å². The van der Waals surface area contributed by atoms with Crippen LogP contribution in [-0.2, 0) is 4.84 Å². The average molecular weight is 145 g/mol. The molecule has 0 saturated heterocycles. The van der Waals surface area contributed by atoms with Gasteiger partial charge >= 0.3 is 6.09 Å². The largest absolute Gasteiger partial charge is 0.433 e. The van der Waals surface area contributed by atoms with Gasteiger partial charge in [-0.1, -0.05) is 5.16 Å². The van der Waals surface area contributed by atoms with E-state index in [1.807, 2.05) is 0 Å². The van der Waals surface area contributed by atoms with E-state index in [-0.39, 0.29) is 6.54 Å². The third-order valence-corrected chi connectivity index (χ3v) is 0.784. The van der Waals surface area contributed by atoms with Crippen molar-refractivity contribution in [3.05, 3.63) is 0 Å². The molecule has 0 heterocycles. The molecule has 0 unspecified atom stereocenters. The maximum atomic E-state index is 10.4. The van der Waals surface area contributed by atoms with Gasteiger partial charge in [0.1, 0.15) is 0 Å². The highest BCUT2D eigenvalue weighted by Crippen LogP contribution is 1.79. The van der Waals surface area contributed by atoms with E-state index in [4.69, 9.17) is 5.73 Å². The number of carbonyl (C=O) groups excluding carboxylic acids is 1. The van der Waals surface area contributed by atoms with E-state index in [9.17, 15) is 4.79 Å². The molecular weight excluding hydrogens is 134 g/mol. The first-order chi connectivity index (χ1) is 4.70. The van der Waals surface area contributed by atoms with Crippen LogP contribution in [0.25, 0.3) is 0 Å². The Labute approximate surface area is 59.2 Å². The predicted octanol–water partition coefficient (Wildman–Crippen LogP) is -0.323. The molecule has 58 valence electrons. The molecule has 0 spiro atoms. The second-order valence-electron chi connectivity index (χ2n) is 1.66. The second kappa shape index (κ2) is 4.75. The number of hydrogen-bond acceptors (Lipinski definition) is 4. The van der Waals surface area contributed by atoms with Gasteiger partial charge in [-0.15, -0.1) is 0 Å². The van der Waals surface area contributed by atoms with Gasteiger partial charge in [0.2, 0.25) is 0 Å². The van der Waals surface area contributed by atoms with Crippen molar-refractivity contribution >= 4 is 11.8 Å². The quantitative estimate of drug-likeness (QED) is 0.317. The fraction of sp³-hybridized carbons (Fsp3) is 0.600. The van der Waals surface area contributed by atoms with Crippen LogP contribution in [0.3, 0.4) is 0 Å². The minimum atomic E-state index is -0.590. The summed E-state index contributed by atoms with van der Waals surface area (Å²) in [4.78, 5) is 14.7. The van der Waals surface area contributed by atoms with Gasteiger partial charge in [-0.3, -0.25) is 4.84 Å². The first kappa shape index (κ1) is 8.90. The maximum absolute atomic E-state index is 10.4. The van der Waals surface area contributed by atoms with Gasteiger partial charge in [-0.2, -0.15) is 0 Å². The van der Waals surface area contributed by atoms with Gasteiger partial charge in [0.05, 0.1) is 5.71 Å². The lowest BCUT2D eigenvalue weighted by Gasteiger charge is -1.95. The highest BCUT2D eigenvalue weighted by Gasteiger charge is 1.94. The van der Waals surface area contributed by atoms with E-state index >= 15 is 0 Å². The lowest BCUT2D eigenvalue weighted by atomic mass is 10.4. The summed E-state index contributed by atoms with van der Waals surface area (Å²) in [5, 5.41) is 5.63. The summed E-state index contributed by atoms with van der Waals surface area (Å²) in [7, 11) is 1.45. The zero-order valence-electron chi connectivity index (χ0n) is 6.05. The van der Waals surface area contributed by atoms with Crippen molar-refractivity contribution in [2.45, 2.75) is 6.92 Å². The molecule has 0 fully saturated rings. The standard InChI is InChI=1S/C5H11N3O2/c1-4(3-6)8-10-5(9)7-2/h3,6H2,1-2H3,(H,7,9). The summed E-state index contributed by atoms with van der Waals surface area (Å²) in [6.45, 7) is 1.96. The van der Waals surface area contributed by atoms with Crippen LogP contribution in [-0.4, -0.2) is 25.4 Å². The minimum absolute atomic E-state index is 0.289. The van der Waals surface area contributed by atoms with Crippen LogP contribution in [0.15, 0.2) is 5.16 Å². The Hall–Kier alpha value is -1.10. The highest BCUT2D eigenvalue weighted by atomic mass is 16.7. The van der Waals surface area contributed by atoms with E-state index in [1.54, 1.807) is 6.92 Å². The van der Waals surface area contributed by atoms with Crippen molar-refractivity contribution in [3.63, 3.8) is 0 Å². The van der Waals surface area contributed by atoms with Crippen molar-refractivity contribution in [3.8, 4) is 0 Å². The number of nitrogens with one attached hydrogen (secondary N) is 1. The zero-order valence-corrected chi connectivity index (χ0v) is 6.05. The van der Waals surface area contributed by atoms with Crippen molar-refractivity contribution in [2.75, 3.05) is 13.6 Å². The molecule has 0 aliphatic heterocycles. The summed E-state index contributed by atoms with van der Waals surface area (Å²) in [6.07, 6.45) is -0.590. The van der Waals surface area contributed by atoms with Crippen molar-refractivity contribution in [1.82, 2.24) is 5.32 Å². The Morgan fingerprint density at radius 3 is 2.80 bits per heavy atom. The lowest BCUT2D eigenvalue weighted by Crippen LogP contribution is -2.18. The number of hydrogen-bond donors (Lipinski definition) is 2. The molecule has 0 aliphatic carbocycles. The molecule has 5 nitrogen and oxygen atoms in total. The number of nitrogens with zero attached hydrogens (tertiary/aromatic N) is 1. The molecule has 0 radical (unpaired) electrons. The van der Waals surface area contributed by atoms with Crippen LogP contribution in [0.5, 0.6) is 0 Å². The molecule has 0 saturated carbocycles. The third-order valence-electron chi connectivity index (χ3n) is 0.784.